The molecule has 0 saturated carbocycles. The van der Waals surface area contributed by atoms with Crippen LogP contribution < -0.4 is 10.2 Å². The number of benzene rings is 1. The van der Waals surface area contributed by atoms with Crippen molar-refractivity contribution in [1.29, 1.82) is 0 Å². The van der Waals surface area contributed by atoms with E-state index in [0.29, 0.717) is 12.0 Å². The summed E-state index contributed by atoms with van der Waals surface area (Å²) in [4.78, 5) is 36.2. The van der Waals surface area contributed by atoms with Gasteiger partial charge in [-0.25, -0.2) is 0 Å². The van der Waals surface area contributed by atoms with Crippen molar-refractivity contribution < 1.29 is 19.1 Å². The summed E-state index contributed by atoms with van der Waals surface area (Å²) in [7, 11) is 1.31. The van der Waals surface area contributed by atoms with E-state index in [0.717, 1.165) is 18.7 Å². The Morgan fingerprint density at radius 1 is 1.29 bits per heavy atom. The van der Waals surface area contributed by atoms with E-state index in [1.807, 2.05) is 0 Å². The Morgan fingerprint density at radius 2 is 2.00 bits per heavy atom. The second-order valence-electron chi connectivity index (χ2n) is 4.78. The number of carbonyl (C=O) groups is 3. The molecule has 0 aliphatic carbocycles. The second kappa shape index (κ2) is 6.88. The molecule has 1 N–H and O–H groups in total. The first kappa shape index (κ1) is 15.0. The van der Waals surface area contributed by atoms with Crippen molar-refractivity contribution >= 4 is 23.5 Å². The summed E-state index contributed by atoms with van der Waals surface area (Å²) in [5.41, 5.74) is 1.30. The molecule has 1 aromatic rings. The summed E-state index contributed by atoms with van der Waals surface area (Å²) in [6, 6.07) is 6.87. The van der Waals surface area contributed by atoms with Gasteiger partial charge in [-0.15, -0.1) is 0 Å². The number of nitrogens with one attached hydrogen (secondary N) is 1. The summed E-state index contributed by atoms with van der Waals surface area (Å²) in [6.45, 7) is 0.960. The van der Waals surface area contributed by atoms with Crippen molar-refractivity contribution in [2.75, 3.05) is 25.1 Å². The number of esters is 1. The van der Waals surface area contributed by atoms with Gasteiger partial charge in [0, 0.05) is 30.8 Å². The lowest BCUT2D eigenvalue weighted by Gasteiger charge is -2.15. The second-order valence-corrected chi connectivity index (χ2v) is 4.78. The van der Waals surface area contributed by atoms with Gasteiger partial charge in [-0.3, -0.25) is 14.4 Å². The SMILES string of the molecule is COC(=O)CCNC(=O)c1ccc(N2CCCC2=O)cc1. The number of nitrogens with zero attached hydrogens (tertiary/aromatic N) is 1. The molecule has 1 fully saturated rings. The summed E-state index contributed by atoms with van der Waals surface area (Å²) in [6.07, 6.45) is 1.59. The molecule has 0 aromatic heterocycles. The molecule has 0 atom stereocenters. The van der Waals surface area contributed by atoms with Gasteiger partial charge in [0.25, 0.3) is 5.91 Å². The van der Waals surface area contributed by atoms with Crippen LogP contribution in [0.2, 0.25) is 0 Å². The molecule has 0 spiro atoms. The van der Waals surface area contributed by atoms with E-state index in [1.54, 1.807) is 29.2 Å². The van der Waals surface area contributed by atoms with Crippen LogP contribution in [0.15, 0.2) is 24.3 Å². The van der Waals surface area contributed by atoms with Gasteiger partial charge >= 0.3 is 5.97 Å². The van der Waals surface area contributed by atoms with E-state index in [-0.39, 0.29) is 30.7 Å². The van der Waals surface area contributed by atoms with Crippen molar-refractivity contribution in [1.82, 2.24) is 5.32 Å². The first-order chi connectivity index (χ1) is 10.1. The molecule has 21 heavy (non-hydrogen) atoms. The zero-order valence-corrected chi connectivity index (χ0v) is 11.9. The highest BCUT2D eigenvalue weighted by Gasteiger charge is 2.21. The number of ether oxygens (including phenoxy) is 1. The summed E-state index contributed by atoms with van der Waals surface area (Å²) in [5, 5.41) is 2.64. The quantitative estimate of drug-likeness (QED) is 0.824. The number of amides is 2. The van der Waals surface area contributed by atoms with Gasteiger partial charge < -0.3 is 15.0 Å². The maximum absolute atomic E-state index is 11.9. The number of carbonyl (C=O) groups excluding carboxylic acids is 3. The van der Waals surface area contributed by atoms with E-state index in [2.05, 4.69) is 10.1 Å². The molecule has 6 heteroatoms. The first-order valence-corrected chi connectivity index (χ1v) is 6.87. The highest BCUT2D eigenvalue weighted by molar-refractivity contribution is 5.97. The molecule has 1 aromatic carbocycles. The van der Waals surface area contributed by atoms with Crippen molar-refractivity contribution in [2.24, 2.45) is 0 Å². The van der Waals surface area contributed by atoms with Crippen molar-refractivity contribution in [3.63, 3.8) is 0 Å². The molecule has 6 nitrogen and oxygen atoms in total. The van der Waals surface area contributed by atoms with Crippen LogP contribution in [0.3, 0.4) is 0 Å². The smallest absolute Gasteiger partial charge is 0.307 e. The lowest BCUT2D eigenvalue weighted by molar-refractivity contribution is -0.140. The predicted octanol–water partition coefficient (Wildman–Crippen LogP) is 1.11. The fraction of sp³-hybridized carbons (Fsp3) is 0.400. The lowest BCUT2D eigenvalue weighted by Crippen LogP contribution is -2.27. The van der Waals surface area contributed by atoms with Gasteiger partial charge in [0.2, 0.25) is 5.91 Å². The van der Waals surface area contributed by atoms with E-state index >= 15 is 0 Å². The maximum atomic E-state index is 11.9. The Morgan fingerprint density at radius 3 is 2.57 bits per heavy atom. The third-order valence-corrected chi connectivity index (χ3v) is 3.36. The summed E-state index contributed by atoms with van der Waals surface area (Å²) >= 11 is 0. The molecule has 112 valence electrons. The van der Waals surface area contributed by atoms with Gasteiger partial charge in [-0.05, 0) is 30.7 Å². The molecule has 1 aliphatic heterocycles. The number of hydrogen-bond acceptors (Lipinski definition) is 4. The Bertz CT molecular complexity index is 539. The lowest BCUT2D eigenvalue weighted by atomic mass is 10.2. The molecular weight excluding hydrogens is 272 g/mol. The summed E-state index contributed by atoms with van der Waals surface area (Å²) in [5.74, 6) is -0.498. The number of anilines is 1. The van der Waals surface area contributed by atoms with E-state index in [4.69, 9.17) is 0 Å². The van der Waals surface area contributed by atoms with E-state index in [1.165, 1.54) is 7.11 Å². The van der Waals surface area contributed by atoms with Crippen LogP contribution in [0.5, 0.6) is 0 Å². The van der Waals surface area contributed by atoms with Crippen LogP contribution in [0.1, 0.15) is 29.6 Å². The number of methoxy groups -OCH3 is 1. The maximum Gasteiger partial charge on any atom is 0.307 e. The van der Waals surface area contributed by atoms with Crippen LogP contribution >= 0.6 is 0 Å². The van der Waals surface area contributed by atoms with Gasteiger partial charge in [0.1, 0.15) is 0 Å². The zero-order valence-electron chi connectivity index (χ0n) is 11.9. The predicted molar refractivity (Wildman–Crippen MR) is 77.0 cm³/mol. The molecule has 1 aliphatic rings. The van der Waals surface area contributed by atoms with Crippen LogP contribution in [-0.2, 0) is 14.3 Å². The highest BCUT2D eigenvalue weighted by Crippen LogP contribution is 2.21. The molecular formula is C15H18N2O4. The van der Waals surface area contributed by atoms with Crippen LogP contribution in [0.25, 0.3) is 0 Å². The molecule has 1 heterocycles. The monoisotopic (exact) mass is 290 g/mol. The zero-order chi connectivity index (χ0) is 15.2. The first-order valence-electron chi connectivity index (χ1n) is 6.87. The Kier molecular flexibility index (Phi) is 4.92. The Labute approximate surface area is 123 Å². The van der Waals surface area contributed by atoms with Gasteiger partial charge in [-0.1, -0.05) is 0 Å². The third-order valence-electron chi connectivity index (χ3n) is 3.36. The molecule has 1 saturated heterocycles. The highest BCUT2D eigenvalue weighted by atomic mass is 16.5. The van der Waals surface area contributed by atoms with E-state index < -0.39 is 0 Å². The van der Waals surface area contributed by atoms with Gasteiger partial charge in [-0.2, -0.15) is 0 Å². The minimum absolute atomic E-state index is 0.116. The van der Waals surface area contributed by atoms with Gasteiger partial charge in [0.05, 0.1) is 13.5 Å². The minimum atomic E-state index is -0.363. The molecule has 0 bridgehead atoms. The molecule has 2 amide bonds. The molecule has 0 unspecified atom stereocenters. The topological polar surface area (TPSA) is 75.7 Å². The van der Waals surface area contributed by atoms with E-state index in [9.17, 15) is 14.4 Å². The molecule has 0 radical (unpaired) electrons. The number of hydrogen-bond donors (Lipinski definition) is 1. The largest absolute Gasteiger partial charge is 0.469 e. The van der Waals surface area contributed by atoms with Crippen molar-refractivity contribution in [2.45, 2.75) is 19.3 Å². The number of rotatable bonds is 5. The van der Waals surface area contributed by atoms with Crippen molar-refractivity contribution in [3.8, 4) is 0 Å². The Hall–Kier alpha value is -2.37. The average molecular weight is 290 g/mol. The third kappa shape index (κ3) is 3.81. The normalized spacial score (nSPS) is 14.1. The minimum Gasteiger partial charge on any atom is -0.469 e. The van der Waals surface area contributed by atoms with Crippen LogP contribution in [0, 0.1) is 0 Å². The summed E-state index contributed by atoms with van der Waals surface area (Å²) < 4.78 is 4.49. The van der Waals surface area contributed by atoms with Gasteiger partial charge in [0.15, 0.2) is 0 Å². The standard InChI is InChI=1S/C15H18N2O4/c1-21-14(19)8-9-16-15(20)11-4-6-12(7-5-11)17-10-2-3-13(17)18/h4-7H,2-3,8-10H2,1H3,(H,16,20). The fourth-order valence-corrected chi connectivity index (χ4v) is 2.20. The average Bonchev–Trinajstić information content (AvgIpc) is 2.93. The Balaban J connectivity index is 1.90. The van der Waals surface area contributed by atoms with Crippen molar-refractivity contribution in [3.05, 3.63) is 29.8 Å². The van der Waals surface area contributed by atoms with Crippen LogP contribution in [0.4, 0.5) is 5.69 Å². The van der Waals surface area contributed by atoms with Crippen LogP contribution in [-0.4, -0.2) is 38.0 Å². The molecule has 2 rings (SSSR count). The fourth-order valence-electron chi connectivity index (χ4n) is 2.20.